The van der Waals surface area contributed by atoms with E-state index in [0.717, 1.165) is 10.0 Å². The Bertz CT molecular complexity index is 1100. The lowest BCUT2D eigenvalue weighted by Gasteiger charge is -2.15. The van der Waals surface area contributed by atoms with Crippen LogP contribution < -0.4 is 10.2 Å². The highest BCUT2D eigenvalue weighted by atomic mass is 79.9. The minimum atomic E-state index is -0.670. The van der Waals surface area contributed by atoms with Crippen LogP contribution in [0.5, 0.6) is 0 Å². The third-order valence-corrected chi connectivity index (χ3v) is 6.16. The summed E-state index contributed by atoms with van der Waals surface area (Å²) in [6.45, 7) is 1.42. The Balaban J connectivity index is 1.36. The fourth-order valence-corrected chi connectivity index (χ4v) is 4.44. The molecule has 0 saturated carbocycles. The second kappa shape index (κ2) is 9.08. The first-order valence-electron chi connectivity index (χ1n) is 10.2. The molecule has 1 heterocycles. The average molecular weight is 497 g/mol. The maximum absolute atomic E-state index is 12.7. The highest BCUT2D eigenvalue weighted by molar-refractivity contribution is 9.10. The van der Waals surface area contributed by atoms with E-state index in [2.05, 4.69) is 21.2 Å². The molecule has 1 fully saturated rings. The Hall–Kier alpha value is -3.26. The van der Waals surface area contributed by atoms with E-state index in [-0.39, 0.29) is 29.2 Å². The number of aryl methyl sites for hydroxylation is 1. The van der Waals surface area contributed by atoms with Crippen LogP contribution in [0.2, 0.25) is 0 Å². The van der Waals surface area contributed by atoms with Gasteiger partial charge in [-0.15, -0.1) is 0 Å². The number of amides is 3. The molecule has 1 aliphatic carbocycles. The number of ether oxygens (including phenoxy) is 1. The van der Waals surface area contributed by atoms with Gasteiger partial charge in [0.1, 0.15) is 0 Å². The summed E-state index contributed by atoms with van der Waals surface area (Å²) < 4.78 is 5.99. The molecule has 2 aromatic rings. The summed E-state index contributed by atoms with van der Waals surface area (Å²) >= 11 is 3.36. The molecule has 0 spiro atoms. The molecule has 1 aliphatic heterocycles. The minimum absolute atomic E-state index is 0.209. The number of hydrogen-bond acceptors (Lipinski definition) is 5. The Morgan fingerprint density at radius 1 is 1.03 bits per heavy atom. The molecule has 8 heteroatoms. The monoisotopic (exact) mass is 496 g/mol. The Morgan fingerprint density at radius 3 is 2.25 bits per heavy atom. The van der Waals surface area contributed by atoms with Crippen molar-refractivity contribution in [2.45, 2.75) is 19.8 Å². The summed E-state index contributed by atoms with van der Waals surface area (Å²) in [5, 5.41) is 2.70. The van der Waals surface area contributed by atoms with E-state index in [4.69, 9.17) is 4.74 Å². The fourth-order valence-electron chi connectivity index (χ4n) is 3.97. The molecule has 0 radical (unpaired) electrons. The number of rotatable bonds is 5. The van der Waals surface area contributed by atoms with Crippen molar-refractivity contribution in [3.63, 3.8) is 0 Å². The second-order valence-corrected chi connectivity index (χ2v) is 8.71. The number of imide groups is 1. The first kappa shape index (κ1) is 22.0. The van der Waals surface area contributed by atoms with Crippen molar-refractivity contribution in [2.24, 2.45) is 11.8 Å². The van der Waals surface area contributed by atoms with Gasteiger partial charge in [-0.1, -0.05) is 28.1 Å². The fraction of sp³-hybridized carbons (Fsp3) is 0.250. The number of hydrogen-bond donors (Lipinski definition) is 1. The SMILES string of the molecule is Cc1cc(Br)ccc1NC(=O)COC(=O)c1ccc(N2C(=O)[C@@H]3CC=CC[C@H]3C2=O)cc1. The van der Waals surface area contributed by atoms with Crippen molar-refractivity contribution in [2.75, 3.05) is 16.8 Å². The smallest absolute Gasteiger partial charge is 0.338 e. The van der Waals surface area contributed by atoms with Gasteiger partial charge in [0.2, 0.25) is 11.8 Å². The molecule has 2 aromatic carbocycles. The van der Waals surface area contributed by atoms with Gasteiger partial charge in [-0.25, -0.2) is 4.79 Å². The van der Waals surface area contributed by atoms with Gasteiger partial charge in [-0.05, 0) is 67.8 Å². The van der Waals surface area contributed by atoms with Crippen LogP contribution in [-0.2, 0) is 19.1 Å². The van der Waals surface area contributed by atoms with Gasteiger partial charge in [-0.3, -0.25) is 19.3 Å². The van der Waals surface area contributed by atoms with E-state index in [9.17, 15) is 19.2 Å². The predicted molar refractivity (Wildman–Crippen MR) is 122 cm³/mol. The number of nitrogens with zero attached hydrogens (tertiary/aromatic N) is 1. The van der Waals surface area contributed by atoms with Crippen LogP contribution in [0.15, 0.2) is 59.1 Å². The van der Waals surface area contributed by atoms with E-state index >= 15 is 0 Å². The van der Waals surface area contributed by atoms with E-state index in [1.54, 1.807) is 24.3 Å². The number of halogens is 1. The summed E-state index contributed by atoms with van der Waals surface area (Å²) in [4.78, 5) is 51.0. The number of benzene rings is 2. The largest absolute Gasteiger partial charge is 0.452 e. The second-order valence-electron chi connectivity index (χ2n) is 7.80. The Morgan fingerprint density at radius 2 is 1.66 bits per heavy atom. The highest BCUT2D eigenvalue weighted by Crippen LogP contribution is 2.37. The van der Waals surface area contributed by atoms with Crippen LogP contribution in [0.1, 0.15) is 28.8 Å². The first-order chi connectivity index (χ1) is 15.3. The molecule has 0 bridgehead atoms. The molecule has 0 aromatic heterocycles. The van der Waals surface area contributed by atoms with Crippen molar-refractivity contribution in [1.29, 1.82) is 0 Å². The van der Waals surface area contributed by atoms with Crippen molar-refractivity contribution in [3.05, 3.63) is 70.2 Å². The average Bonchev–Trinajstić information content (AvgIpc) is 3.04. The molecular formula is C24H21BrN2O5. The van der Waals surface area contributed by atoms with Gasteiger partial charge in [0, 0.05) is 10.2 Å². The van der Waals surface area contributed by atoms with Crippen LogP contribution in [0, 0.1) is 18.8 Å². The molecule has 2 atom stereocenters. The van der Waals surface area contributed by atoms with Crippen LogP contribution in [-0.4, -0.2) is 30.3 Å². The van der Waals surface area contributed by atoms with E-state index in [1.807, 2.05) is 25.1 Å². The third-order valence-electron chi connectivity index (χ3n) is 5.67. The van der Waals surface area contributed by atoms with Crippen LogP contribution in [0.4, 0.5) is 11.4 Å². The normalized spacial score (nSPS) is 19.6. The Labute approximate surface area is 193 Å². The summed E-state index contributed by atoms with van der Waals surface area (Å²) in [5.74, 6) is -2.17. The number of allylic oxidation sites excluding steroid dienone is 2. The molecular weight excluding hydrogens is 476 g/mol. The lowest BCUT2D eigenvalue weighted by molar-refractivity contribution is -0.122. The zero-order valence-electron chi connectivity index (χ0n) is 17.3. The topological polar surface area (TPSA) is 92.8 Å². The number of esters is 1. The standard InChI is InChI=1S/C24H21BrN2O5/c1-14-12-16(25)8-11-20(14)26-21(28)13-32-24(31)15-6-9-17(10-7-15)27-22(29)18-4-2-3-5-19(18)23(27)30/h2-3,6-12,18-19H,4-5,13H2,1H3,(H,26,28)/t18-,19-/m1/s1. The van der Waals surface area contributed by atoms with Crippen LogP contribution in [0.25, 0.3) is 0 Å². The van der Waals surface area contributed by atoms with Crippen molar-refractivity contribution in [3.8, 4) is 0 Å². The molecule has 4 rings (SSSR count). The van der Waals surface area contributed by atoms with Crippen molar-refractivity contribution < 1.29 is 23.9 Å². The summed E-state index contributed by atoms with van der Waals surface area (Å²) in [5.41, 5.74) is 2.15. The lowest BCUT2D eigenvalue weighted by atomic mass is 9.85. The number of carbonyl (C=O) groups is 4. The quantitative estimate of drug-likeness (QED) is 0.383. The van der Waals surface area contributed by atoms with Gasteiger partial charge in [-0.2, -0.15) is 0 Å². The van der Waals surface area contributed by atoms with Crippen molar-refractivity contribution >= 4 is 51.0 Å². The molecule has 3 amide bonds. The zero-order chi connectivity index (χ0) is 22.8. The van der Waals surface area contributed by atoms with E-state index < -0.39 is 18.5 Å². The molecule has 1 N–H and O–H groups in total. The zero-order valence-corrected chi connectivity index (χ0v) is 18.9. The third kappa shape index (κ3) is 4.36. The number of anilines is 2. The predicted octanol–water partition coefficient (Wildman–Crippen LogP) is 4.01. The number of fused-ring (bicyclic) bond motifs is 1. The van der Waals surface area contributed by atoms with E-state index in [1.165, 1.54) is 17.0 Å². The molecule has 7 nitrogen and oxygen atoms in total. The Kier molecular flexibility index (Phi) is 6.23. The van der Waals surface area contributed by atoms with E-state index in [0.29, 0.717) is 24.2 Å². The maximum Gasteiger partial charge on any atom is 0.338 e. The molecule has 1 saturated heterocycles. The molecule has 2 aliphatic rings. The number of nitrogens with one attached hydrogen (secondary N) is 1. The van der Waals surface area contributed by atoms with Crippen LogP contribution >= 0.6 is 15.9 Å². The maximum atomic E-state index is 12.7. The first-order valence-corrected chi connectivity index (χ1v) is 11.0. The molecule has 32 heavy (non-hydrogen) atoms. The van der Waals surface area contributed by atoms with Crippen LogP contribution in [0.3, 0.4) is 0 Å². The van der Waals surface area contributed by atoms with Gasteiger partial charge in [0.25, 0.3) is 5.91 Å². The van der Waals surface area contributed by atoms with Gasteiger partial charge < -0.3 is 10.1 Å². The minimum Gasteiger partial charge on any atom is -0.452 e. The molecule has 0 unspecified atom stereocenters. The summed E-state index contributed by atoms with van der Waals surface area (Å²) in [6, 6.07) is 11.5. The van der Waals surface area contributed by atoms with Crippen molar-refractivity contribution in [1.82, 2.24) is 0 Å². The summed E-state index contributed by atoms with van der Waals surface area (Å²) in [7, 11) is 0. The molecule has 164 valence electrons. The lowest BCUT2D eigenvalue weighted by Crippen LogP contribution is -2.30. The highest BCUT2D eigenvalue weighted by Gasteiger charge is 2.47. The van der Waals surface area contributed by atoms with Gasteiger partial charge in [0.15, 0.2) is 6.61 Å². The number of carbonyl (C=O) groups excluding carboxylic acids is 4. The van der Waals surface area contributed by atoms with Gasteiger partial charge in [0.05, 0.1) is 23.1 Å². The summed E-state index contributed by atoms with van der Waals surface area (Å²) in [6.07, 6.45) is 5.00. The van der Waals surface area contributed by atoms with Gasteiger partial charge >= 0.3 is 5.97 Å².